The molecule has 0 spiro atoms. The molecule has 0 aromatic heterocycles. The average molecular weight is 219 g/mol. The summed E-state index contributed by atoms with van der Waals surface area (Å²) in [5.41, 5.74) is 0. The first-order valence-corrected chi connectivity index (χ1v) is 5.23. The zero-order valence-corrected chi connectivity index (χ0v) is 9.64. The SMILES string of the molecule is CCC(C)OC(=O)[C@H](CS)NC(C)=O. The number of carbonyl (C=O) groups excluding carboxylic acids is 2. The van der Waals surface area contributed by atoms with Gasteiger partial charge in [-0.25, -0.2) is 4.79 Å². The fraction of sp³-hybridized carbons (Fsp3) is 0.778. The number of esters is 1. The Balaban J connectivity index is 4.10. The maximum Gasteiger partial charge on any atom is 0.329 e. The molecule has 0 heterocycles. The molecule has 1 unspecified atom stereocenters. The molecule has 0 aliphatic heterocycles. The monoisotopic (exact) mass is 219 g/mol. The van der Waals surface area contributed by atoms with E-state index >= 15 is 0 Å². The van der Waals surface area contributed by atoms with E-state index in [2.05, 4.69) is 17.9 Å². The molecule has 0 radical (unpaired) electrons. The number of nitrogens with one attached hydrogen (secondary N) is 1. The van der Waals surface area contributed by atoms with Crippen LogP contribution in [0.1, 0.15) is 27.2 Å². The molecule has 0 saturated carbocycles. The maximum atomic E-state index is 11.4. The lowest BCUT2D eigenvalue weighted by Crippen LogP contribution is -2.43. The molecule has 0 saturated heterocycles. The van der Waals surface area contributed by atoms with Gasteiger partial charge in [0.05, 0.1) is 6.10 Å². The van der Waals surface area contributed by atoms with Crippen LogP contribution in [0.2, 0.25) is 0 Å². The molecular formula is C9H17NO3S. The van der Waals surface area contributed by atoms with E-state index in [1.54, 1.807) is 6.92 Å². The molecule has 0 fully saturated rings. The number of amides is 1. The molecule has 2 atom stereocenters. The molecule has 0 aromatic carbocycles. The molecule has 1 N–H and O–H groups in total. The Bertz CT molecular complexity index is 208. The highest BCUT2D eigenvalue weighted by Crippen LogP contribution is 2.00. The second-order valence-electron chi connectivity index (χ2n) is 3.09. The van der Waals surface area contributed by atoms with Crippen molar-refractivity contribution in [3.63, 3.8) is 0 Å². The third-order valence-corrected chi connectivity index (χ3v) is 2.10. The second kappa shape index (κ2) is 6.70. The number of hydrogen-bond acceptors (Lipinski definition) is 4. The molecule has 0 aliphatic rings. The van der Waals surface area contributed by atoms with Gasteiger partial charge in [-0.15, -0.1) is 0 Å². The van der Waals surface area contributed by atoms with E-state index in [9.17, 15) is 9.59 Å². The predicted octanol–water partition coefficient (Wildman–Crippen LogP) is 0.763. The zero-order chi connectivity index (χ0) is 11.1. The summed E-state index contributed by atoms with van der Waals surface area (Å²) in [5, 5.41) is 2.47. The minimum atomic E-state index is -0.648. The summed E-state index contributed by atoms with van der Waals surface area (Å²) in [6.45, 7) is 5.08. The van der Waals surface area contributed by atoms with Crippen LogP contribution in [-0.4, -0.2) is 29.8 Å². The summed E-state index contributed by atoms with van der Waals surface area (Å²) in [6, 6.07) is -0.648. The average Bonchev–Trinajstić information content (AvgIpc) is 2.13. The molecule has 4 nitrogen and oxygen atoms in total. The van der Waals surface area contributed by atoms with Gasteiger partial charge in [-0.1, -0.05) is 6.92 Å². The molecule has 0 aliphatic carbocycles. The number of ether oxygens (including phenoxy) is 1. The minimum Gasteiger partial charge on any atom is -0.461 e. The fourth-order valence-corrected chi connectivity index (χ4v) is 1.03. The summed E-state index contributed by atoms with van der Waals surface area (Å²) in [4.78, 5) is 22.1. The Morgan fingerprint density at radius 1 is 1.50 bits per heavy atom. The maximum absolute atomic E-state index is 11.4. The van der Waals surface area contributed by atoms with Gasteiger partial charge in [0.15, 0.2) is 0 Å². The summed E-state index contributed by atoms with van der Waals surface area (Å²) in [5.74, 6) is -0.441. The van der Waals surface area contributed by atoms with Crippen molar-refractivity contribution in [3.8, 4) is 0 Å². The van der Waals surface area contributed by atoms with Crippen LogP contribution in [0.25, 0.3) is 0 Å². The summed E-state index contributed by atoms with van der Waals surface area (Å²) < 4.78 is 5.05. The van der Waals surface area contributed by atoms with E-state index < -0.39 is 12.0 Å². The first kappa shape index (κ1) is 13.3. The van der Waals surface area contributed by atoms with Crippen molar-refractivity contribution in [2.45, 2.75) is 39.3 Å². The van der Waals surface area contributed by atoms with Crippen molar-refractivity contribution < 1.29 is 14.3 Å². The third kappa shape index (κ3) is 5.11. The van der Waals surface area contributed by atoms with Gasteiger partial charge in [0.25, 0.3) is 0 Å². The van der Waals surface area contributed by atoms with Crippen LogP contribution < -0.4 is 5.32 Å². The largest absolute Gasteiger partial charge is 0.461 e. The van der Waals surface area contributed by atoms with Crippen molar-refractivity contribution in [2.75, 3.05) is 5.75 Å². The summed E-state index contributed by atoms with van der Waals surface area (Å²) >= 11 is 3.97. The van der Waals surface area contributed by atoms with Crippen LogP contribution in [0, 0.1) is 0 Å². The van der Waals surface area contributed by atoms with E-state index in [4.69, 9.17) is 4.74 Å². The number of rotatable bonds is 5. The zero-order valence-electron chi connectivity index (χ0n) is 8.74. The minimum absolute atomic E-state index is 0.126. The van der Waals surface area contributed by atoms with Crippen LogP contribution in [0.3, 0.4) is 0 Å². The van der Waals surface area contributed by atoms with Crippen molar-refractivity contribution in [1.82, 2.24) is 5.32 Å². The summed E-state index contributed by atoms with van der Waals surface area (Å²) in [7, 11) is 0. The van der Waals surface area contributed by atoms with Crippen LogP contribution in [-0.2, 0) is 14.3 Å². The van der Waals surface area contributed by atoms with Crippen LogP contribution in [0.4, 0.5) is 0 Å². The first-order valence-electron chi connectivity index (χ1n) is 4.59. The molecule has 0 aromatic rings. The Hall–Kier alpha value is -0.710. The lowest BCUT2D eigenvalue weighted by molar-refractivity contribution is -0.151. The summed E-state index contributed by atoms with van der Waals surface area (Å²) in [6.07, 6.45) is 0.629. The highest BCUT2D eigenvalue weighted by molar-refractivity contribution is 7.80. The van der Waals surface area contributed by atoms with Crippen molar-refractivity contribution in [3.05, 3.63) is 0 Å². The van der Waals surface area contributed by atoms with Crippen LogP contribution in [0.5, 0.6) is 0 Å². The molecule has 82 valence electrons. The van der Waals surface area contributed by atoms with E-state index in [0.29, 0.717) is 0 Å². The number of carbonyl (C=O) groups is 2. The lowest BCUT2D eigenvalue weighted by Gasteiger charge is -2.17. The highest BCUT2D eigenvalue weighted by Gasteiger charge is 2.20. The molecule has 0 rings (SSSR count). The quantitative estimate of drug-likeness (QED) is 0.530. The Morgan fingerprint density at radius 3 is 2.43 bits per heavy atom. The van der Waals surface area contributed by atoms with E-state index in [0.717, 1.165) is 6.42 Å². The van der Waals surface area contributed by atoms with Gasteiger partial charge >= 0.3 is 5.97 Å². The van der Waals surface area contributed by atoms with E-state index in [1.165, 1.54) is 6.92 Å². The van der Waals surface area contributed by atoms with E-state index in [-0.39, 0.29) is 17.8 Å². The first-order chi connectivity index (χ1) is 6.51. The highest BCUT2D eigenvalue weighted by atomic mass is 32.1. The lowest BCUT2D eigenvalue weighted by atomic mass is 10.3. The van der Waals surface area contributed by atoms with Gasteiger partial charge in [0.1, 0.15) is 6.04 Å². The van der Waals surface area contributed by atoms with Gasteiger partial charge in [0.2, 0.25) is 5.91 Å². The molecule has 0 bridgehead atoms. The standard InChI is InChI=1S/C9H17NO3S/c1-4-6(2)13-9(12)8(5-14)10-7(3)11/h6,8,14H,4-5H2,1-3H3,(H,10,11)/t6?,8-/m0/s1. The van der Waals surface area contributed by atoms with Gasteiger partial charge in [-0.05, 0) is 13.3 Å². The van der Waals surface area contributed by atoms with Crippen molar-refractivity contribution in [1.29, 1.82) is 0 Å². The number of hydrogen-bond donors (Lipinski definition) is 2. The van der Waals surface area contributed by atoms with Gasteiger partial charge in [-0.3, -0.25) is 4.79 Å². The van der Waals surface area contributed by atoms with Crippen LogP contribution in [0.15, 0.2) is 0 Å². The molecule has 14 heavy (non-hydrogen) atoms. The third-order valence-electron chi connectivity index (χ3n) is 1.74. The molecule has 5 heteroatoms. The normalized spacial score (nSPS) is 14.3. The van der Waals surface area contributed by atoms with E-state index in [1.807, 2.05) is 6.92 Å². The van der Waals surface area contributed by atoms with Gasteiger partial charge < -0.3 is 10.1 Å². The Kier molecular flexibility index (Phi) is 6.36. The Labute approximate surface area is 89.8 Å². The smallest absolute Gasteiger partial charge is 0.329 e. The van der Waals surface area contributed by atoms with Gasteiger partial charge in [0, 0.05) is 12.7 Å². The van der Waals surface area contributed by atoms with Crippen LogP contribution >= 0.6 is 12.6 Å². The van der Waals surface area contributed by atoms with Gasteiger partial charge in [-0.2, -0.15) is 12.6 Å². The Morgan fingerprint density at radius 2 is 2.07 bits per heavy atom. The topological polar surface area (TPSA) is 55.4 Å². The van der Waals surface area contributed by atoms with Crippen molar-refractivity contribution in [2.24, 2.45) is 0 Å². The molecule has 1 amide bonds. The van der Waals surface area contributed by atoms with Crippen molar-refractivity contribution >= 4 is 24.5 Å². The second-order valence-corrected chi connectivity index (χ2v) is 3.46. The predicted molar refractivity (Wildman–Crippen MR) is 57.3 cm³/mol. The molecular weight excluding hydrogens is 202 g/mol. The fourth-order valence-electron chi connectivity index (χ4n) is 0.788. The number of thiol groups is 1.